The lowest BCUT2D eigenvalue weighted by molar-refractivity contribution is -0.205. The predicted molar refractivity (Wildman–Crippen MR) is 364 cm³/mol. The summed E-state index contributed by atoms with van der Waals surface area (Å²) in [5.74, 6) is 6.49. The van der Waals surface area contributed by atoms with Gasteiger partial charge >= 0.3 is 17.6 Å². The maximum atomic E-state index is 16.6. The van der Waals surface area contributed by atoms with Crippen molar-refractivity contribution in [3.8, 4) is 17.6 Å². The average molecular weight is 1290 g/mol. The van der Waals surface area contributed by atoms with Crippen molar-refractivity contribution in [3.63, 3.8) is 0 Å². The lowest BCUT2D eigenvalue weighted by Gasteiger charge is -2.55. The highest BCUT2D eigenvalue weighted by Gasteiger charge is 2.65. The molecule has 0 amide bonds. The molecular formula is C84H84O12. The molecule has 9 aliphatic carbocycles. The van der Waals surface area contributed by atoms with Crippen LogP contribution in [0.3, 0.4) is 0 Å². The zero-order valence-electron chi connectivity index (χ0n) is 54.6. The predicted octanol–water partition coefficient (Wildman–Crippen LogP) is 14.1. The summed E-state index contributed by atoms with van der Waals surface area (Å²) in [6, 6.07) is 33.3. The summed E-state index contributed by atoms with van der Waals surface area (Å²) in [5, 5.41) is 43.3. The van der Waals surface area contributed by atoms with E-state index in [9.17, 15) is 20.4 Å². The van der Waals surface area contributed by atoms with Gasteiger partial charge in [0.1, 0.15) is 18.1 Å². The van der Waals surface area contributed by atoms with Crippen LogP contribution in [0.2, 0.25) is 0 Å². The Hall–Kier alpha value is -7.63. The SMILES string of the molecule is C/C(CO)=C1\C[C@H]2CC[C@@H]3C[C@@H]4[C@H]5C=Cc6ccccc6[C@H]5C[C@H]4[C@]45CC#C[C@@H]6CC[C@@]7(C=C[C@H](c8cccc9c8CC[C@H]8CCC[C@H]%10C=Cc%11ccccc%11[C@@]98%10)C[C@@H]7CC(=O)O[C@H](c7c(ccc8c(CO)c([C@H](CCO)COCO)c(=O)oc78)O4)[C@@H]5OC1=O)c1ccc2c3c16. The van der Waals surface area contributed by atoms with Crippen LogP contribution in [0, 0.1) is 47.3 Å². The Bertz CT molecular complexity index is 4500. The number of fused-ring (bicyclic) bond motifs is 14. The lowest BCUT2D eigenvalue weighted by Crippen LogP contribution is -2.61. The van der Waals surface area contributed by atoms with Gasteiger partial charge in [-0.3, -0.25) is 4.79 Å². The van der Waals surface area contributed by atoms with Crippen molar-refractivity contribution >= 4 is 35.1 Å². The number of carbonyl (C=O) groups is 2. The summed E-state index contributed by atoms with van der Waals surface area (Å²) in [5.41, 5.74) is 13.0. The molecule has 5 aromatic carbocycles. The molecule has 4 N–H and O–H groups in total. The lowest BCUT2D eigenvalue weighted by atomic mass is 9.48. The van der Waals surface area contributed by atoms with Gasteiger partial charge in [-0.2, -0.15) is 0 Å². The summed E-state index contributed by atoms with van der Waals surface area (Å²) in [4.78, 5) is 47.9. The largest absolute Gasteiger partial charge is 0.481 e. The highest BCUT2D eigenvalue weighted by atomic mass is 16.6. The average Bonchev–Trinajstić information content (AvgIpc) is 1.26. The molecule has 3 fully saturated rings. The molecular weight excluding hydrogens is 1200 g/mol. The molecule has 96 heavy (non-hydrogen) atoms. The first kappa shape index (κ1) is 60.8. The Labute approximate surface area is 560 Å². The van der Waals surface area contributed by atoms with Crippen LogP contribution in [-0.2, 0) is 47.7 Å². The first-order valence-electron chi connectivity index (χ1n) is 35.9. The van der Waals surface area contributed by atoms with E-state index in [1.165, 1.54) is 74.0 Å². The first-order chi connectivity index (χ1) is 47.0. The van der Waals surface area contributed by atoms with Crippen LogP contribution in [0.1, 0.15) is 223 Å². The molecule has 0 unspecified atom stereocenters. The van der Waals surface area contributed by atoms with Crippen molar-refractivity contribution in [2.24, 2.45) is 35.5 Å². The summed E-state index contributed by atoms with van der Waals surface area (Å²) in [6.45, 7) is -0.272. The zero-order chi connectivity index (χ0) is 64.9. The summed E-state index contributed by atoms with van der Waals surface area (Å²) in [6.07, 6.45) is 23.4. The number of allylic oxidation sites excluding steroid dienone is 4. The zero-order valence-corrected chi connectivity index (χ0v) is 54.6. The molecule has 4 heterocycles. The fourth-order valence-electron chi connectivity index (χ4n) is 22.8. The second-order valence-electron chi connectivity index (χ2n) is 30.5. The van der Waals surface area contributed by atoms with Gasteiger partial charge in [-0.1, -0.05) is 134 Å². The Balaban J connectivity index is 0.890. The van der Waals surface area contributed by atoms with Gasteiger partial charge in [-0.15, -0.1) is 0 Å². The maximum absolute atomic E-state index is 16.6. The van der Waals surface area contributed by atoms with E-state index in [2.05, 4.69) is 127 Å². The number of aliphatic hydroxyl groups is 4. The molecule has 0 radical (unpaired) electrons. The number of hydrogen-bond donors (Lipinski definition) is 4. The first-order valence-corrected chi connectivity index (χ1v) is 35.9. The van der Waals surface area contributed by atoms with Gasteiger partial charge in [0.15, 0.2) is 17.8 Å². The number of benzene rings is 5. The third-order valence-corrected chi connectivity index (χ3v) is 26.7. The van der Waals surface area contributed by atoms with Gasteiger partial charge in [-0.25, -0.2) is 9.59 Å². The third kappa shape index (κ3) is 8.81. The number of ether oxygens (including phenoxy) is 4. The van der Waals surface area contributed by atoms with Crippen LogP contribution < -0.4 is 10.4 Å². The monoisotopic (exact) mass is 1280 g/mol. The van der Waals surface area contributed by atoms with Crippen molar-refractivity contribution in [1.82, 2.24) is 0 Å². The van der Waals surface area contributed by atoms with E-state index < -0.39 is 60.1 Å². The molecule has 6 aromatic rings. The van der Waals surface area contributed by atoms with Gasteiger partial charge in [0.2, 0.25) is 0 Å². The minimum atomic E-state index is -1.49. The molecule has 12 nitrogen and oxygen atoms in total. The van der Waals surface area contributed by atoms with Crippen molar-refractivity contribution in [2.45, 2.75) is 180 Å². The minimum absolute atomic E-state index is 0.0105. The van der Waals surface area contributed by atoms with Gasteiger partial charge in [0.05, 0.1) is 31.8 Å². The van der Waals surface area contributed by atoms with E-state index in [0.717, 1.165) is 51.4 Å². The number of rotatable bonds is 9. The third-order valence-electron chi connectivity index (χ3n) is 26.7. The van der Waals surface area contributed by atoms with Gasteiger partial charge in [-0.05, 0) is 222 Å². The Morgan fingerprint density at radius 2 is 1.57 bits per heavy atom. The van der Waals surface area contributed by atoms with Crippen LogP contribution in [0.25, 0.3) is 23.1 Å². The minimum Gasteiger partial charge on any atom is -0.481 e. The number of aliphatic hydroxyl groups excluding tert-OH is 4. The molecule has 2 saturated carbocycles. The fourth-order valence-corrected chi connectivity index (χ4v) is 22.8. The molecule has 17 atom stereocenters. The highest BCUT2D eigenvalue weighted by Crippen LogP contribution is 2.67. The summed E-state index contributed by atoms with van der Waals surface area (Å²) >= 11 is 0. The van der Waals surface area contributed by atoms with Gasteiger partial charge in [0.25, 0.3) is 0 Å². The highest BCUT2D eigenvalue weighted by molar-refractivity contribution is 5.91. The van der Waals surface area contributed by atoms with E-state index in [1.54, 1.807) is 13.0 Å². The molecule has 1 saturated heterocycles. The van der Waals surface area contributed by atoms with E-state index >= 15 is 14.4 Å². The molecule has 492 valence electrons. The van der Waals surface area contributed by atoms with Crippen molar-refractivity contribution in [3.05, 3.63) is 215 Å². The molecule has 1 aromatic heterocycles. The Morgan fingerprint density at radius 1 is 0.740 bits per heavy atom. The molecule has 12 aliphatic rings. The van der Waals surface area contributed by atoms with E-state index in [0.29, 0.717) is 53.4 Å². The van der Waals surface area contributed by atoms with E-state index in [1.807, 2.05) is 6.07 Å². The van der Waals surface area contributed by atoms with Gasteiger partial charge in [0, 0.05) is 64.1 Å². The second kappa shape index (κ2) is 23.3. The van der Waals surface area contributed by atoms with Crippen LogP contribution in [-0.4, -0.2) is 70.7 Å². The molecule has 3 spiro atoms. The smallest absolute Gasteiger partial charge is 0.340 e. The van der Waals surface area contributed by atoms with Crippen molar-refractivity contribution < 1.29 is 53.4 Å². The molecule has 18 rings (SSSR count). The standard InChI is InChI=1S/C84H84O12/c1-46(42-86)63-38-50-18-19-52-39-65-60-24-21-47-9-2-4-14-57(47)64(60)41-70(65)83-33-8-11-49-30-34-82(69-28-26-59(50)73(52)75(49)69)35-31-51(58-15-7-17-68-61(58)25-23-55-13-6-12-54-22-20-48-10-3-5-16-67(48)84(54,55)68)37-56(82)40-72(89)93-78(79(83)95-80(63)90)76-71(96-83)29-27-62-66(43-87)74(81(91)94-77(62)76)53(32-36-85)44-92-45-88/h2-5,7,9-10,14-17,20-22,24,26-29,31,35,49-56,60,64-65,70,78-79,85-88H,6,12-13,18-19,23,25,30,32-34,36-45H2,1H3/b63-46-/t49-,50-,51+,52-,53-,54+,55-,56-,60+,64-,65-,70-,78-,79+,82+,83+,84+/m1/s1. The van der Waals surface area contributed by atoms with E-state index in [4.69, 9.17) is 23.4 Å². The van der Waals surface area contributed by atoms with Gasteiger partial charge < -0.3 is 43.8 Å². The fraction of sp³-hybridized carbons (Fsp3) is 0.464. The molecule has 3 aliphatic heterocycles. The van der Waals surface area contributed by atoms with Crippen LogP contribution in [0.5, 0.6) is 5.75 Å². The Morgan fingerprint density at radius 3 is 2.44 bits per heavy atom. The topological polar surface area (TPSA) is 182 Å². The summed E-state index contributed by atoms with van der Waals surface area (Å²) in [7, 11) is 0. The number of esters is 2. The second-order valence-corrected chi connectivity index (χ2v) is 30.5. The van der Waals surface area contributed by atoms with Crippen LogP contribution in [0.4, 0.5) is 0 Å². The Kier molecular flexibility index (Phi) is 14.7. The van der Waals surface area contributed by atoms with Crippen LogP contribution in [0.15, 0.2) is 136 Å². The molecule has 12 heteroatoms. The summed E-state index contributed by atoms with van der Waals surface area (Å²) < 4.78 is 35.0. The van der Waals surface area contributed by atoms with Crippen LogP contribution >= 0.6 is 0 Å². The van der Waals surface area contributed by atoms with Crippen molar-refractivity contribution in [1.29, 1.82) is 0 Å². The van der Waals surface area contributed by atoms with E-state index in [-0.39, 0.29) is 120 Å². The quantitative estimate of drug-likeness (QED) is 0.0269. The van der Waals surface area contributed by atoms with Crippen molar-refractivity contribution in [2.75, 3.05) is 26.6 Å². The normalized spacial score (nSPS) is 34.3. The maximum Gasteiger partial charge on any atom is 0.340 e. The molecule has 6 bridgehead atoms. The number of hydrogen-bond acceptors (Lipinski definition) is 12. The number of carbonyl (C=O) groups excluding carboxylic acids is 2.